The molecule has 1 aromatic heterocycles. The molecule has 1 saturated heterocycles. The van der Waals surface area contributed by atoms with Crippen LogP contribution >= 0.6 is 11.3 Å². The third-order valence-electron chi connectivity index (χ3n) is 5.03. The van der Waals surface area contributed by atoms with Crippen molar-refractivity contribution < 1.29 is 19.1 Å². The number of aromatic nitrogens is 1. The van der Waals surface area contributed by atoms with E-state index in [0.29, 0.717) is 40.5 Å². The summed E-state index contributed by atoms with van der Waals surface area (Å²) in [6, 6.07) is 5.51. The van der Waals surface area contributed by atoms with E-state index < -0.39 is 0 Å². The topological polar surface area (TPSA) is 92.8 Å². The third-order valence-corrected chi connectivity index (χ3v) is 5.78. The van der Waals surface area contributed by atoms with Crippen LogP contribution in [0.1, 0.15) is 40.1 Å². The van der Waals surface area contributed by atoms with Crippen molar-refractivity contribution in [1.82, 2.24) is 15.2 Å². The summed E-state index contributed by atoms with van der Waals surface area (Å²) in [5, 5.41) is 7.65. The lowest BCUT2D eigenvalue weighted by Crippen LogP contribution is -2.31. The smallest absolute Gasteiger partial charge is 0.270 e. The number of rotatable bonds is 6. The van der Waals surface area contributed by atoms with Crippen LogP contribution in [0.25, 0.3) is 0 Å². The van der Waals surface area contributed by atoms with Crippen LogP contribution in [0.5, 0.6) is 11.5 Å². The summed E-state index contributed by atoms with van der Waals surface area (Å²) in [5.41, 5.74) is 0.747. The van der Waals surface area contributed by atoms with E-state index in [9.17, 15) is 9.59 Å². The maximum absolute atomic E-state index is 12.4. The van der Waals surface area contributed by atoms with Gasteiger partial charge in [0.1, 0.15) is 5.69 Å². The molecule has 9 heteroatoms. The molecule has 148 valence electrons. The van der Waals surface area contributed by atoms with Crippen LogP contribution in [0.3, 0.4) is 0 Å². The van der Waals surface area contributed by atoms with Crippen molar-refractivity contribution in [2.45, 2.75) is 25.3 Å². The second kappa shape index (κ2) is 8.15. The molecule has 1 atom stereocenters. The molecule has 8 nitrogen and oxygen atoms in total. The number of thiazole rings is 1. The Kier molecular flexibility index (Phi) is 5.45. The molecular formula is C19H22N4O4S. The zero-order valence-corrected chi connectivity index (χ0v) is 16.4. The largest absolute Gasteiger partial charge is 0.454 e. The summed E-state index contributed by atoms with van der Waals surface area (Å²) in [5.74, 6) is 0.623. The van der Waals surface area contributed by atoms with E-state index in [1.807, 2.05) is 0 Å². The zero-order chi connectivity index (χ0) is 19.5. The Hall–Kier alpha value is -2.65. The van der Waals surface area contributed by atoms with Crippen LogP contribution in [-0.2, 0) is 0 Å². The molecule has 0 saturated carbocycles. The Balaban J connectivity index is 1.30. The van der Waals surface area contributed by atoms with Gasteiger partial charge in [0.2, 0.25) is 6.79 Å². The summed E-state index contributed by atoms with van der Waals surface area (Å²) in [4.78, 5) is 31.2. The molecule has 3 heterocycles. The molecule has 28 heavy (non-hydrogen) atoms. The first-order valence-electron chi connectivity index (χ1n) is 9.25. The first-order valence-corrected chi connectivity index (χ1v) is 10.1. The van der Waals surface area contributed by atoms with E-state index in [-0.39, 0.29) is 18.6 Å². The van der Waals surface area contributed by atoms with Gasteiger partial charge in [-0.05, 0) is 51.1 Å². The van der Waals surface area contributed by atoms with Gasteiger partial charge in [-0.1, -0.05) is 0 Å². The standard InChI is InChI=1S/C19H22N4O4S/c1-23-8-2-3-13(23)6-7-20-18(25)14-10-28-19(21-14)22-17(24)12-4-5-15-16(9-12)27-11-26-15/h4-5,9-10,13H,2-3,6-8,11H2,1H3,(H,20,25)(H,21,22,24)/t13-/m1/s1. The minimum absolute atomic E-state index is 0.155. The number of ether oxygens (including phenoxy) is 2. The van der Waals surface area contributed by atoms with E-state index in [4.69, 9.17) is 9.47 Å². The average Bonchev–Trinajstić information content (AvgIpc) is 3.42. The highest BCUT2D eigenvalue weighted by Gasteiger charge is 2.21. The number of benzene rings is 1. The molecule has 1 fully saturated rings. The molecule has 2 amide bonds. The summed E-state index contributed by atoms with van der Waals surface area (Å²) < 4.78 is 10.5. The maximum Gasteiger partial charge on any atom is 0.270 e. The Morgan fingerprint density at radius 2 is 2.14 bits per heavy atom. The fourth-order valence-electron chi connectivity index (χ4n) is 3.43. The van der Waals surface area contributed by atoms with Gasteiger partial charge in [0.15, 0.2) is 16.6 Å². The van der Waals surface area contributed by atoms with Gasteiger partial charge in [0.05, 0.1) is 0 Å². The zero-order valence-electron chi connectivity index (χ0n) is 15.6. The number of likely N-dealkylation sites (tertiary alicyclic amines) is 1. The molecule has 2 aliphatic rings. The van der Waals surface area contributed by atoms with E-state index >= 15 is 0 Å². The van der Waals surface area contributed by atoms with Crippen LogP contribution in [0.2, 0.25) is 0 Å². The maximum atomic E-state index is 12.4. The highest BCUT2D eigenvalue weighted by atomic mass is 32.1. The normalized spacial score (nSPS) is 18.2. The van der Waals surface area contributed by atoms with Crippen LogP contribution in [-0.4, -0.2) is 54.7 Å². The summed E-state index contributed by atoms with van der Waals surface area (Å²) in [6.45, 7) is 1.89. The Bertz CT molecular complexity index is 885. The van der Waals surface area contributed by atoms with Gasteiger partial charge in [-0.15, -0.1) is 11.3 Å². The first-order chi connectivity index (χ1) is 13.6. The molecular weight excluding hydrogens is 380 g/mol. The van der Waals surface area contributed by atoms with Gasteiger partial charge < -0.3 is 19.7 Å². The fraction of sp³-hybridized carbons (Fsp3) is 0.421. The molecule has 2 N–H and O–H groups in total. The van der Waals surface area contributed by atoms with Crippen LogP contribution < -0.4 is 20.1 Å². The number of carbonyl (C=O) groups is 2. The monoisotopic (exact) mass is 402 g/mol. The Labute approximate surface area is 166 Å². The van der Waals surface area contributed by atoms with Crippen molar-refractivity contribution in [2.75, 3.05) is 32.2 Å². The number of hydrogen-bond acceptors (Lipinski definition) is 7. The van der Waals surface area contributed by atoms with Crippen molar-refractivity contribution in [1.29, 1.82) is 0 Å². The van der Waals surface area contributed by atoms with Crippen LogP contribution in [0.15, 0.2) is 23.6 Å². The number of fused-ring (bicyclic) bond motifs is 1. The lowest BCUT2D eigenvalue weighted by molar-refractivity contribution is 0.0944. The van der Waals surface area contributed by atoms with Crippen molar-refractivity contribution >= 4 is 28.3 Å². The lowest BCUT2D eigenvalue weighted by Gasteiger charge is -2.19. The van der Waals surface area contributed by atoms with Crippen LogP contribution in [0.4, 0.5) is 5.13 Å². The van der Waals surface area contributed by atoms with Crippen LogP contribution in [0, 0.1) is 0 Å². The Morgan fingerprint density at radius 1 is 1.29 bits per heavy atom. The number of hydrogen-bond donors (Lipinski definition) is 2. The SMILES string of the molecule is CN1CCC[C@@H]1CCNC(=O)c1csc(NC(=O)c2ccc3c(c2)OCO3)n1. The Morgan fingerprint density at radius 3 is 2.96 bits per heavy atom. The summed E-state index contributed by atoms with van der Waals surface area (Å²) in [7, 11) is 2.12. The number of anilines is 1. The molecule has 1 aromatic carbocycles. The number of carbonyl (C=O) groups excluding carboxylic acids is 2. The predicted octanol–water partition coefficient (Wildman–Crippen LogP) is 2.34. The number of nitrogens with one attached hydrogen (secondary N) is 2. The molecule has 4 rings (SSSR count). The number of amides is 2. The molecule has 0 aliphatic carbocycles. The summed E-state index contributed by atoms with van der Waals surface area (Å²) in [6.07, 6.45) is 3.33. The van der Waals surface area contributed by atoms with Crippen molar-refractivity contribution in [3.63, 3.8) is 0 Å². The van der Waals surface area contributed by atoms with Gasteiger partial charge in [0, 0.05) is 23.5 Å². The van der Waals surface area contributed by atoms with E-state index in [0.717, 1.165) is 13.0 Å². The van der Waals surface area contributed by atoms with E-state index in [2.05, 4.69) is 27.6 Å². The molecule has 0 radical (unpaired) electrons. The van der Waals surface area contributed by atoms with Gasteiger partial charge in [-0.2, -0.15) is 0 Å². The molecule has 0 spiro atoms. The summed E-state index contributed by atoms with van der Waals surface area (Å²) >= 11 is 1.22. The van der Waals surface area contributed by atoms with Gasteiger partial charge in [-0.3, -0.25) is 14.9 Å². The van der Waals surface area contributed by atoms with Gasteiger partial charge >= 0.3 is 0 Å². The van der Waals surface area contributed by atoms with Crippen molar-refractivity contribution in [3.8, 4) is 11.5 Å². The van der Waals surface area contributed by atoms with Gasteiger partial charge in [-0.25, -0.2) is 4.98 Å². The minimum atomic E-state index is -0.316. The van der Waals surface area contributed by atoms with Crippen molar-refractivity contribution in [2.24, 2.45) is 0 Å². The first kappa shape index (κ1) is 18.7. The van der Waals surface area contributed by atoms with E-state index in [1.165, 1.54) is 24.2 Å². The molecule has 2 aliphatic heterocycles. The van der Waals surface area contributed by atoms with E-state index in [1.54, 1.807) is 23.6 Å². The second-order valence-corrected chi connectivity index (χ2v) is 7.74. The quantitative estimate of drug-likeness (QED) is 0.771. The third kappa shape index (κ3) is 4.10. The average molecular weight is 402 g/mol. The lowest BCUT2D eigenvalue weighted by atomic mass is 10.1. The van der Waals surface area contributed by atoms with Gasteiger partial charge in [0.25, 0.3) is 11.8 Å². The molecule has 0 bridgehead atoms. The highest BCUT2D eigenvalue weighted by Crippen LogP contribution is 2.32. The molecule has 0 unspecified atom stereocenters. The number of nitrogens with zero attached hydrogens (tertiary/aromatic N) is 2. The molecule has 2 aromatic rings. The highest BCUT2D eigenvalue weighted by molar-refractivity contribution is 7.14. The fourth-order valence-corrected chi connectivity index (χ4v) is 4.12. The van der Waals surface area contributed by atoms with Crippen molar-refractivity contribution in [3.05, 3.63) is 34.8 Å². The minimum Gasteiger partial charge on any atom is -0.454 e. The predicted molar refractivity (Wildman–Crippen MR) is 105 cm³/mol. The second-order valence-electron chi connectivity index (χ2n) is 6.88.